The van der Waals surface area contributed by atoms with E-state index in [1.54, 1.807) is 24.3 Å². The molecule has 0 atom stereocenters. The van der Waals surface area contributed by atoms with Crippen LogP contribution in [-0.4, -0.2) is 21.2 Å². The summed E-state index contributed by atoms with van der Waals surface area (Å²) in [6.07, 6.45) is 1.50. The van der Waals surface area contributed by atoms with Crippen LogP contribution in [0.1, 0.15) is 16.7 Å². The van der Waals surface area contributed by atoms with Crippen LogP contribution in [0.15, 0.2) is 94.0 Å². The third kappa shape index (κ3) is 5.03. The number of amides is 2. The Morgan fingerprint density at radius 3 is 2.42 bits per heavy atom. The molecule has 36 heavy (non-hydrogen) atoms. The van der Waals surface area contributed by atoms with E-state index in [9.17, 15) is 14.7 Å². The van der Waals surface area contributed by atoms with E-state index in [0.717, 1.165) is 33.7 Å². The van der Waals surface area contributed by atoms with Gasteiger partial charge in [-0.1, -0.05) is 54.1 Å². The van der Waals surface area contributed by atoms with Crippen LogP contribution < -0.4 is 0 Å². The summed E-state index contributed by atoms with van der Waals surface area (Å²) in [5.74, 6) is -0.437. The average Bonchev–Trinajstić information content (AvgIpc) is 3.13. The number of rotatable bonds is 5. The summed E-state index contributed by atoms with van der Waals surface area (Å²) in [5.41, 5.74) is 3.24. The molecule has 0 spiro atoms. The van der Waals surface area contributed by atoms with Crippen molar-refractivity contribution >= 4 is 62.7 Å². The summed E-state index contributed by atoms with van der Waals surface area (Å²) in [6.45, 7) is 2.07. The fraction of sp³-hybridized carbons (Fsp3) is 0.0714. The maximum atomic E-state index is 13.0. The zero-order valence-corrected chi connectivity index (χ0v) is 20.8. The number of carbonyl (C=O) groups is 2. The Kier molecular flexibility index (Phi) is 6.59. The number of hydrogen-bond acceptors (Lipinski definition) is 6. The lowest BCUT2D eigenvalue weighted by Crippen LogP contribution is -2.27. The van der Waals surface area contributed by atoms with Gasteiger partial charge in [-0.05, 0) is 83.1 Å². The van der Waals surface area contributed by atoms with Crippen LogP contribution in [0.25, 0.3) is 16.8 Å². The molecule has 2 amide bonds. The highest BCUT2D eigenvalue weighted by molar-refractivity contribution is 8.18. The van der Waals surface area contributed by atoms with Gasteiger partial charge in [0.2, 0.25) is 0 Å². The van der Waals surface area contributed by atoms with Crippen LogP contribution in [0, 0.1) is 6.92 Å². The molecule has 0 radical (unpaired) electrons. The van der Waals surface area contributed by atoms with Gasteiger partial charge in [0.05, 0.1) is 22.8 Å². The lowest BCUT2D eigenvalue weighted by atomic mass is 10.1. The van der Waals surface area contributed by atoms with E-state index in [0.29, 0.717) is 22.0 Å². The van der Waals surface area contributed by atoms with Crippen molar-refractivity contribution in [3.05, 3.63) is 105 Å². The van der Waals surface area contributed by atoms with E-state index in [1.807, 2.05) is 55.5 Å². The van der Waals surface area contributed by atoms with E-state index in [-0.39, 0.29) is 22.4 Å². The third-order valence-corrected chi connectivity index (χ3v) is 7.08. The Balaban J connectivity index is 1.36. The van der Waals surface area contributed by atoms with Crippen molar-refractivity contribution in [3.63, 3.8) is 0 Å². The van der Waals surface area contributed by atoms with E-state index < -0.39 is 5.91 Å². The van der Waals surface area contributed by atoms with Gasteiger partial charge in [0.15, 0.2) is 0 Å². The van der Waals surface area contributed by atoms with Gasteiger partial charge >= 0.3 is 0 Å². The molecule has 4 aromatic carbocycles. The number of thioether (sulfide) groups is 1. The molecular weight excluding hydrogens is 494 g/mol. The molecule has 0 unspecified atom stereocenters. The molecule has 8 heteroatoms. The van der Waals surface area contributed by atoms with Gasteiger partial charge in [-0.3, -0.25) is 14.5 Å². The van der Waals surface area contributed by atoms with E-state index in [4.69, 9.17) is 11.6 Å². The number of benzene rings is 4. The van der Waals surface area contributed by atoms with Crippen LogP contribution in [0.3, 0.4) is 0 Å². The van der Waals surface area contributed by atoms with Gasteiger partial charge in [-0.25, -0.2) is 0 Å². The number of fused-ring (bicyclic) bond motifs is 1. The Labute approximate surface area is 216 Å². The molecule has 5 rings (SSSR count). The molecule has 1 saturated heterocycles. The van der Waals surface area contributed by atoms with E-state index >= 15 is 0 Å². The number of halogens is 1. The van der Waals surface area contributed by atoms with Gasteiger partial charge in [0.1, 0.15) is 5.75 Å². The topological polar surface area (TPSA) is 82.3 Å². The summed E-state index contributed by atoms with van der Waals surface area (Å²) >= 11 is 6.99. The van der Waals surface area contributed by atoms with Crippen molar-refractivity contribution in [1.29, 1.82) is 0 Å². The van der Waals surface area contributed by atoms with Crippen molar-refractivity contribution in [1.82, 2.24) is 4.90 Å². The highest BCUT2D eigenvalue weighted by Crippen LogP contribution is 2.36. The first kappa shape index (κ1) is 23.8. The number of aryl methyl sites for hydroxylation is 1. The smallest absolute Gasteiger partial charge is 0.293 e. The van der Waals surface area contributed by atoms with Crippen molar-refractivity contribution < 1.29 is 14.7 Å². The highest BCUT2D eigenvalue weighted by atomic mass is 35.5. The highest BCUT2D eigenvalue weighted by Gasteiger charge is 2.35. The van der Waals surface area contributed by atoms with Crippen LogP contribution in [0.4, 0.5) is 16.2 Å². The second-order valence-corrected chi connectivity index (χ2v) is 9.73. The number of nitrogens with zero attached hydrogens (tertiary/aromatic N) is 3. The summed E-state index contributed by atoms with van der Waals surface area (Å²) in [7, 11) is 0. The summed E-state index contributed by atoms with van der Waals surface area (Å²) in [4.78, 5) is 27.1. The molecule has 0 bridgehead atoms. The Bertz CT molecular complexity index is 1580. The minimum absolute atomic E-state index is 0.0336. The first-order valence-corrected chi connectivity index (χ1v) is 12.3. The molecule has 0 aliphatic carbocycles. The van der Waals surface area contributed by atoms with Crippen LogP contribution in [-0.2, 0) is 11.3 Å². The molecule has 178 valence electrons. The van der Waals surface area contributed by atoms with Crippen LogP contribution in [0.2, 0.25) is 5.02 Å². The number of imide groups is 1. The minimum atomic E-state index is -0.404. The molecule has 1 N–H and O–H groups in total. The predicted octanol–water partition coefficient (Wildman–Crippen LogP) is 8.16. The maximum absolute atomic E-state index is 13.0. The van der Waals surface area contributed by atoms with Gasteiger partial charge in [0, 0.05) is 10.6 Å². The molecule has 1 aliphatic rings. The third-order valence-electron chi connectivity index (χ3n) is 5.76. The monoisotopic (exact) mass is 513 g/mol. The Morgan fingerprint density at radius 1 is 0.917 bits per heavy atom. The normalized spacial score (nSPS) is 15.1. The number of carbonyl (C=O) groups excluding carboxylic acids is 2. The summed E-state index contributed by atoms with van der Waals surface area (Å²) in [6, 6.07) is 23.8. The van der Waals surface area contributed by atoms with Crippen LogP contribution >= 0.6 is 23.4 Å². The number of aromatic hydroxyl groups is 1. The number of phenolic OH excluding ortho intramolecular Hbond substituents is 1. The number of hydrogen-bond donors (Lipinski definition) is 1. The lowest BCUT2D eigenvalue weighted by molar-refractivity contribution is -0.123. The number of phenols is 1. The summed E-state index contributed by atoms with van der Waals surface area (Å²) in [5, 5.41) is 21.1. The first-order valence-electron chi connectivity index (χ1n) is 11.1. The van der Waals surface area contributed by atoms with Gasteiger partial charge in [-0.2, -0.15) is 10.2 Å². The minimum Gasteiger partial charge on any atom is -0.507 e. The zero-order valence-electron chi connectivity index (χ0n) is 19.2. The fourth-order valence-corrected chi connectivity index (χ4v) is 4.78. The zero-order chi connectivity index (χ0) is 25.2. The van der Waals surface area contributed by atoms with Gasteiger partial charge in [0.25, 0.3) is 11.1 Å². The Morgan fingerprint density at radius 2 is 1.64 bits per heavy atom. The molecule has 1 aliphatic heterocycles. The Hall–Kier alpha value is -3.94. The van der Waals surface area contributed by atoms with E-state index in [2.05, 4.69) is 10.2 Å². The fourth-order valence-electron chi connectivity index (χ4n) is 3.78. The van der Waals surface area contributed by atoms with E-state index in [1.165, 1.54) is 17.0 Å². The first-order chi connectivity index (χ1) is 17.4. The molecule has 1 heterocycles. The molecule has 4 aromatic rings. The van der Waals surface area contributed by atoms with Crippen molar-refractivity contribution in [2.75, 3.05) is 0 Å². The van der Waals surface area contributed by atoms with Crippen molar-refractivity contribution in [2.45, 2.75) is 13.5 Å². The summed E-state index contributed by atoms with van der Waals surface area (Å²) < 4.78 is 0. The van der Waals surface area contributed by atoms with Crippen molar-refractivity contribution in [2.24, 2.45) is 10.2 Å². The standard InChI is InChI=1S/C28H20ClN3O3S/c1-17-6-9-23(15-24(17)29)31-30-22-10-11-25(33)21(13-22)14-26-27(34)32(28(35)36-26)16-18-7-8-19-4-2-3-5-20(19)12-18/h2-15,33H,16H2,1H3/b26-14-,31-30?. The second kappa shape index (κ2) is 9.97. The quantitative estimate of drug-likeness (QED) is 0.215. The average molecular weight is 514 g/mol. The maximum Gasteiger partial charge on any atom is 0.293 e. The van der Waals surface area contributed by atoms with Crippen LogP contribution in [0.5, 0.6) is 5.75 Å². The lowest BCUT2D eigenvalue weighted by Gasteiger charge is -2.13. The molecule has 6 nitrogen and oxygen atoms in total. The number of azo groups is 1. The predicted molar refractivity (Wildman–Crippen MR) is 144 cm³/mol. The van der Waals surface area contributed by atoms with Crippen molar-refractivity contribution in [3.8, 4) is 5.75 Å². The second-order valence-electron chi connectivity index (χ2n) is 8.33. The molecule has 0 saturated carbocycles. The molecular formula is C28H20ClN3O3S. The molecule has 0 aromatic heterocycles. The SMILES string of the molecule is Cc1ccc(N=Nc2ccc(O)c(/C=C3\SC(=O)N(Cc4ccc5ccccc5c4)C3=O)c2)cc1Cl. The molecule has 1 fully saturated rings. The van der Waals surface area contributed by atoms with Gasteiger partial charge < -0.3 is 5.11 Å². The van der Waals surface area contributed by atoms with Gasteiger partial charge in [-0.15, -0.1) is 0 Å². The largest absolute Gasteiger partial charge is 0.507 e.